The van der Waals surface area contributed by atoms with Crippen molar-refractivity contribution in [2.75, 3.05) is 19.6 Å². The summed E-state index contributed by atoms with van der Waals surface area (Å²) in [6.07, 6.45) is 5.32. The Morgan fingerprint density at radius 1 is 0.968 bits per heavy atom. The van der Waals surface area contributed by atoms with E-state index in [0.29, 0.717) is 11.5 Å². The van der Waals surface area contributed by atoms with Crippen LogP contribution in [0.3, 0.4) is 0 Å². The van der Waals surface area contributed by atoms with Crippen molar-refractivity contribution >= 4 is 30.7 Å². The zero-order valence-electron chi connectivity index (χ0n) is 17.1. The summed E-state index contributed by atoms with van der Waals surface area (Å²) < 4.78 is 2.26. The van der Waals surface area contributed by atoms with Crippen molar-refractivity contribution in [2.24, 2.45) is 0 Å². The number of nitrogens with zero attached hydrogens (tertiary/aromatic N) is 5. The number of piperidine rings is 1. The van der Waals surface area contributed by atoms with E-state index in [9.17, 15) is 4.79 Å². The lowest BCUT2D eigenvalue weighted by Gasteiger charge is -2.32. The van der Waals surface area contributed by atoms with Crippen molar-refractivity contribution in [3.63, 3.8) is 0 Å². The van der Waals surface area contributed by atoms with Crippen LogP contribution in [0.25, 0.3) is 11.1 Å². The summed E-state index contributed by atoms with van der Waals surface area (Å²) in [6, 6.07) is 12.0. The number of pyridine rings is 1. The maximum absolute atomic E-state index is 13.1. The highest BCUT2D eigenvalue weighted by atomic mass is 35.5. The van der Waals surface area contributed by atoms with Crippen LogP contribution in [0.1, 0.15) is 40.8 Å². The summed E-state index contributed by atoms with van der Waals surface area (Å²) in [6.45, 7) is 4.14. The van der Waals surface area contributed by atoms with Crippen molar-refractivity contribution in [1.82, 2.24) is 30.0 Å². The monoisotopic (exact) mass is 460 g/mol. The van der Waals surface area contributed by atoms with Gasteiger partial charge in [-0.25, -0.2) is 0 Å². The van der Waals surface area contributed by atoms with Gasteiger partial charge < -0.3 is 14.8 Å². The molecule has 7 nitrogen and oxygen atoms in total. The molecule has 2 aliphatic heterocycles. The fourth-order valence-electron chi connectivity index (χ4n) is 4.29. The van der Waals surface area contributed by atoms with Crippen LogP contribution in [0.2, 0.25) is 0 Å². The van der Waals surface area contributed by atoms with E-state index >= 15 is 0 Å². The molecule has 9 heteroatoms. The molecule has 0 spiro atoms. The molecule has 0 atom stereocenters. The molecule has 0 radical (unpaired) electrons. The van der Waals surface area contributed by atoms with Crippen molar-refractivity contribution < 1.29 is 4.79 Å². The van der Waals surface area contributed by atoms with E-state index in [0.717, 1.165) is 68.3 Å². The van der Waals surface area contributed by atoms with Crippen LogP contribution in [-0.2, 0) is 13.1 Å². The van der Waals surface area contributed by atoms with Gasteiger partial charge in [0.2, 0.25) is 0 Å². The Bertz CT molecular complexity index is 1020. The standard InChI is InChI=1S/C22H24N6O.2ClH/c29-22(19-12-18(13-24-14-19)16-4-2-1-3-5-16)27-9-6-17(7-10-27)21-26-25-20-15-23-8-11-28(20)21;;/h1-5,12-14,17,23H,6-11,15H2;2*1H. The molecule has 1 saturated heterocycles. The van der Waals surface area contributed by atoms with E-state index in [2.05, 4.69) is 25.1 Å². The largest absolute Gasteiger partial charge is 0.339 e. The van der Waals surface area contributed by atoms with Crippen LogP contribution >= 0.6 is 24.8 Å². The number of hydrogen-bond acceptors (Lipinski definition) is 5. The highest BCUT2D eigenvalue weighted by Crippen LogP contribution is 2.29. The van der Waals surface area contributed by atoms with E-state index in [1.807, 2.05) is 47.5 Å². The van der Waals surface area contributed by atoms with Crippen LogP contribution in [0.4, 0.5) is 0 Å². The number of benzene rings is 1. The lowest BCUT2D eigenvalue weighted by atomic mass is 9.95. The van der Waals surface area contributed by atoms with Gasteiger partial charge in [-0.3, -0.25) is 9.78 Å². The van der Waals surface area contributed by atoms with Gasteiger partial charge in [0, 0.05) is 50.1 Å². The lowest BCUT2D eigenvalue weighted by Crippen LogP contribution is -2.39. The zero-order chi connectivity index (χ0) is 19.6. The number of carbonyl (C=O) groups is 1. The molecule has 0 bridgehead atoms. The molecule has 2 aromatic heterocycles. The second kappa shape index (κ2) is 10.2. The number of amides is 1. The minimum atomic E-state index is 0. The number of aromatic nitrogens is 4. The third-order valence-electron chi connectivity index (χ3n) is 5.89. The molecule has 1 aromatic carbocycles. The number of hydrogen-bond donors (Lipinski definition) is 1. The van der Waals surface area contributed by atoms with Crippen LogP contribution in [0.15, 0.2) is 48.8 Å². The fraction of sp³-hybridized carbons (Fsp3) is 0.364. The Kier molecular flexibility index (Phi) is 7.64. The predicted molar refractivity (Wildman–Crippen MR) is 124 cm³/mol. The molecule has 1 N–H and O–H groups in total. The highest BCUT2D eigenvalue weighted by Gasteiger charge is 2.29. The van der Waals surface area contributed by atoms with Crippen LogP contribution in [0, 0.1) is 0 Å². The molecule has 1 fully saturated rings. The number of halogens is 2. The average molecular weight is 461 g/mol. The van der Waals surface area contributed by atoms with Gasteiger partial charge in [0.25, 0.3) is 5.91 Å². The van der Waals surface area contributed by atoms with Gasteiger partial charge in [-0.05, 0) is 24.5 Å². The molecule has 4 heterocycles. The first kappa shape index (κ1) is 23.2. The first-order valence-corrected chi connectivity index (χ1v) is 10.2. The number of nitrogens with one attached hydrogen (secondary N) is 1. The Hall–Kier alpha value is -2.48. The molecule has 164 valence electrons. The van der Waals surface area contributed by atoms with E-state index in [4.69, 9.17) is 0 Å². The summed E-state index contributed by atoms with van der Waals surface area (Å²) in [5.41, 5.74) is 2.69. The second-order valence-corrected chi connectivity index (χ2v) is 7.70. The SMILES string of the molecule is Cl.Cl.O=C(c1cncc(-c2ccccc2)c1)N1CCC(c2nnc3n2CCNC3)CC1. The summed E-state index contributed by atoms with van der Waals surface area (Å²) >= 11 is 0. The smallest absolute Gasteiger partial charge is 0.255 e. The minimum Gasteiger partial charge on any atom is -0.339 e. The molecular weight excluding hydrogens is 435 g/mol. The molecule has 5 rings (SSSR count). The van der Waals surface area contributed by atoms with E-state index in [-0.39, 0.29) is 30.7 Å². The number of fused-ring (bicyclic) bond motifs is 1. The zero-order valence-corrected chi connectivity index (χ0v) is 18.7. The van der Waals surface area contributed by atoms with E-state index < -0.39 is 0 Å². The van der Waals surface area contributed by atoms with Gasteiger partial charge in [0.15, 0.2) is 0 Å². The first-order valence-electron chi connectivity index (χ1n) is 10.2. The highest BCUT2D eigenvalue weighted by molar-refractivity contribution is 5.95. The van der Waals surface area contributed by atoms with E-state index in [1.54, 1.807) is 6.20 Å². The summed E-state index contributed by atoms with van der Waals surface area (Å²) in [7, 11) is 0. The van der Waals surface area contributed by atoms with Gasteiger partial charge in [-0.15, -0.1) is 35.0 Å². The van der Waals surface area contributed by atoms with Crippen molar-refractivity contribution in [3.05, 3.63) is 66.0 Å². The quantitative estimate of drug-likeness (QED) is 0.648. The molecule has 31 heavy (non-hydrogen) atoms. The molecule has 0 aliphatic carbocycles. The lowest BCUT2D eigenvalue weighted by molar-refractivity contribution is 0.0709. The van der Waals surface area contributed by atoms with Crippen molar-refractivity contribution in [1.29, 1.82) is 0 Å². The van der Waals surface area contributed by atoms with Gasteiger partial charge in [-0.1, -0.05) is 30.3 Å². The van der Waals surface area contributed by atoms with Crippen molar-refractivity contribution in [2.45, 2.75) is 31.8 Å². The van der Waals surface area contributed by atoms with Gasteiger partial charge >= 0.3 is 0 Å². The third kappa shape index (κ3) is 4.74. The normalized spacial score (nSPS) is 16.1. The van der Waals surface area contributed by atoms with Gasteiger partial charge in [0.1, 0.15) is 11.6 Å². The molecule has 3 aromatic rings. The first-order chi connectivity index (χ1) is 14.3. The van der Waals surface area contributed by atoms with Crippen LogP contribution in [0.5, 0.6) is 0 Å². The van der Waals surface area contributed by atoms with Gasteiger partial charge in [0.05, 0.1) is 12.1 Å². The molecular formula is C22H26Cl2N6O. The maximum atomic E-state index is 13.1. The van der Waals surface area contributed by atoms with Crippen LogP contribution in [-0.4, -0.2) is 50.2 Å². The van der Waals surface area contributed by atoms with Crippen LogP contribution < -0.4 is 5.32 Å². The number of rotatable bonds is 3. The third-order valence-corrected chi connectivity index (χ3v) is 5.89. The molecule has 0 unspecified atom stereocenters. The topological polar surface area (TPSA) is 75.9 Å². The Balaban J connectivity index is 0.00000136. The van der Waals surface area contributed by atoms with Crippen molar-refractivity contribution in [3.8, 4) is 11.1 Å². The predicted octanol–water partition coefficient (Wildman–Crippen LogP) is 3.31. The Labute approximate surface area is 194 Å². The maximum Gasteiger partial charge on any atom is 0.255 e. The Morgan fingerprint density at radius 3 is 2.52 bits per heavy atom. The average Bonchev–Trinajstić information content (AvgIpc) is 3.24. The molecule has 1 amide bonds. The summed E-state index contributed by atoms with van der Waals surface area (Å²) in [5, 5.41) is 12.1. The summed E-state index contributed by atoms with van der Waals surface area (Å²) in [4.78, 5) is 19.3. The Morgan fingerprint density at radius 2 is 1.74 bits per heavy atom. The molecule has 2 aliphatic rings. The molecule has 0 saturated carbocycles. The number of carbonyl (C=O) groups excluding carboxylic acids is 1. The van der Waals surface area contributed by atoms with E-state index in [1.165, 1.54) is 0 Å². The van der Waals surface area contributed by atoms with Gasteiger partial charge in [-0.2, -0.15) is 0 Å². The fourth-order valence-corrected chi connectivity index (χ4v) is 4.29. The minimum absolute atomic E-state index is 0. The second-order valence-electron chi connectivity index (χ2n) is 7.70. The summed E-state index contributed by atoms with van der Waals surface area (Å²) in [5.74, 6) is 2.53. The number of likely N-dealkylation sites (tertiary alicyclic amines) is 1.